The molecule has 0 aromatic carbocycles. The van der Waals surface area contributed by atoms with Crippen molar-refractivity contribution in [3.05, 3.63) is 15.6 Å². The first-order chi connectivity index (χ1) is 8.49. The van der Waals surface area contributed by atoms with Gasteiger partial charge in [-0.25, -0.2) is 4.98 Å². The minimum absolute atomic E-state index is 0.0880. The monoisotopic (exact) mass is 268 g/mol. The molecule has 0 amide bonds. The fraction of sp³-hybridized carbons (Fsp3) is 0.769. The van der Waals surface area contributed by atoms with Crippen LogP contribution in [0, 0.1) is 6.92 Å². The Hall–Kier alpha value is -0.490. The number of hydrogen-bond acceptors (Lipinski definition) is 5. The van der Waals surface area contributed by atoms with Crippen molar-refractivity contribution in [2.75, 3.05) is 33.7 Å². The molecule has 1 fully saturated rings. The fourth-order valence-corrected chi connectivity index (χ4v) is 3.71. The molecule has 1 aliphatic heterocycles. The second-order valence-electron chi connectivity index (χ2n) is 5.40. The highest BCUT2D eigenvalue weighted by atomic mass is 32.1. The Balaban J connectivity index is 2.25. The van der Waals surface area contributed by atoms with Gasteiger partial charge in [-0.3, -0.25) is 4.90 Å². The van der Waals surface area contributed by atoms with Crippen LogP contribution in [0.4, 0.5) is 0 Å². The van der Waals surface area contributed by atoms with Crippen LogP contribution in [-0.4, -0.2) is 48.5 Å². The van der Waals surface area contributed by atoms with E-state index in [4.69, 9.17) is 10.7 Å². The van der Waals surface area contributed by atoms with Gasteiger partial charge in [0.2, 0.25) is 0 Å². The second-order valence-corrected chi connectivity index (χ2v) is 6.46. The molecular formula is C13H24N4S. The van der Waals surface area contributed by atoms with Crippen LogP contribution in [0.1, 0.15) is 41.0 Å². The van der Waals surface area contributed by atoms with Crippen LogP contribution in [0.25, 0.3) is 0 Å². The molecule has 0 aliphatic carbocycles. The van der Waals surface area contributed by atoms with E-state index in [0.29, 0.717) is 6.04 Å². The zero-order valence-corrected chi connectivity index (χ0v) is 12.6. The van der Waals surface area contributed by atoms with Gasteiger partial charge >= 0.3 is 0 Å². The number of likely N-dealkylation sites (N-methyl/N-ethyl adjacent to an activating group) is 2. The summed E-state index contributed by atoms with van der Waals surface area (Å²) in [4.78, 5) is 10.8. The van der Waals surface area contributed by atoms with Crippen molar-refractivity contribution in [3.8, 4) is 0 Å². The van der Waals surface area contributed by atoms with Crippen molar-refractivity contribution >= 4 is 11.3 Å². The average molecular weight is 268 g/mol. The maximum Gasteiger partial charge on any atom is 0.112 e. The number of hydrogen-bond donors (Lipinski definition) is 1. The molecule has 2 heterocycles. The Bertz CT molecular complexity index is 402. The summed E-state index contributed by atoms with van der Waals surface area (Å²) >= 11 is 1.78. The number of thiazole rings is 1. The lowest BCUT2D eigenvalue weighted by molar-refractivity contribution is 0.228. The third-order valence-electron chi connectivity index (χ3n) is 3.61. The predicted molar refractivity (Wildman–Crippen MR) is 76.9 cm³/mol. The number of nitrogens with zero attached hydrogens (tertiary/aromatic N) is 3. The van der Waals surface area contributed by atoms with E-state index in [1.807, 2.05) is 6.92 Å². The molecule has 2 N–H and O–H groups in total. The van der Waals surface area contributed by atoms with E-state index in [2.05, 4.69) is 30.8 Å². The minimum Gasteiger partial charge on any atom is -0.323 e. The van der Waals surface area contributed by atoms with E-state index >= 15 is 0 Å². The Morgan fingerprint density at radius 3 is 2.72 bits per heavy atom. The standard InChI is InChI=1S/C13H24N4S/c1-9(14)12-10(2)15-13(18-12)11-8-16(3)6-5-7-17(11)4/h9,11H,5-8,14H2,1-4H3. The summed E-state index contributed by atoms with van der Waals surface area (Å²) in [7, 11) is 4.39. The van der Waals surface area contributed by atoms with Gasteiger partial charge in [0.1, 0.15) is 5.01 Å². The summed E-state index contributed by atoms with van der Waals surface area (Å²) in [6.45, 7) is 7.47. The number of aryl methyl sites for hydroxylation is 1. The first-order valence-corrected chi connectivity index (χ1v) is 7.42. The van der Waals surface area contributed by atoms with Crippen LogP contribution >= 0.6 is 11.3 Å². The van der Waals surface area contributed by atoms with Gasteiger partial charge in [-0.05, 0) is 47.5 Å². The van der Waals surface area contributed by atoms with Gasteiger partial charge in [-0.15, -0.1) is 11.3 Å². The van der Waals surface area contributed by atoms with Crippen LogP contribution < -0.4 is 5.73 Å². The molecule has 0 spiro atoms. The minimum atomic E-state index is 0.0880. The normalized spacial score (nSPS) is 25.1. The Morgan fingerprint density at radius 2 is 2.11 bits per heavy atom. The van der Waals surface area contributed by atoms with Gasteiger partial charge in [0, 0.05) is 17.5 Å². The van der Waals surface area contributed by atoms with Crippen molar-refractivity contribution in [2.45, 2.75) is 32.4 Å². The molecule has 0 radical (unpaired) electrons. The summed E-state index contributed by atoms with van der Waals surface area (Å²) in [5.41, 5.74) is 7.10. The smallest absolute Gasteiger partial charge is 0.112 e. The van der Waals surface area contributed by atoms with Crippen molar-refractivity contribution in [2.24, 2.45) is 5.73 Å². The second kappa shape index (κ2) is 5.65. The zero-order chi connectivity index (χ0) is 13.3. The number of rotatable bonds is 2. The maximum absolute atomic E-state index is 6.00. The summed E-state index contributed by atoms with van der Waals surface area (Å²) in [5, 5.41) is 1.22. The Kier molecular flexibility index (Phi) is 4.37. The summed E-state index contributed by atoms with van der Waals surface area (Å²) in [6, 6.07) is 0.499. The molecule has 5 heteroatoms. The third-order valence-corrected chi connectivity index (χ3v) is 5.07. The average Bonchev–Trinajstić information content (AvgIpc) is 2.59. The van der Waals surface area contributed by atoms with E-state index in [0.717, 1.165) is 18.8 Å². The molecule has 18 heavy (non-hydrogen) atoms. The molecular weight excluding hydrogens is 244 g/mol. The van der Waals surface area contributed by atoms with Crippen LogP contribution in [0.3, 0.4) is 0 Å². The molecule has 0 saturated carbocycles. The largest absolute Gasteiger partial charge is 0.323 e. The van der Waals surface area contributed by atoms with Gasteiger partial charge in [0.05, 0.1) is 11.7 Å². The van der Waals surface area contributed by atoms with Gasteiger partial charge in [0.25, 0.3) is 0 Å². The van der Waals surface area contributed by atoms with E-state index in [-0.39, 0.29) is 6.04 Å². The van der Waals surface area contributed by atoms with Crippen LogP contribution in [0.2, 0.25) is 0 Å². The summed E-state index contributed by atoms with van der Waals surface area (Å²) < 4.78 is 0. The van der Waals surface area contributed by atoms with Crippen LogP contribution in [0.5, 0.6) is 0 Å². The molecule has 2 unspecified atom stereocenters. The first-order valence-electron chi connectivity index (χ1n) is 6.60. The highest BCUT2D eigenvalue weighted by molar-refractivity contribution is 7.11. The van der Waals surface area contributed by atoms with E-state index < -0.39 is 0 Å². The number of aromatic nitrogens is 1. The lowest BCUT2D eigenvalue weighted by Crippen LogP contribution is -2.30. The molecule has 0 bridgehead atoms. The van der Waals surface area contributed by atoms with Crippen molar-refractivity contribution in [3.63, 3.8) is 0 Å². The SMILES string of the molecule is Cc1nc(C2CN(C)CCCN2C)sc1C(C)N. The zero-order valence-electron chi connectivity index (χ0n) is 11.8. The molecule has 2 rings (SSSR count). The fourth-order valence-electron chi connectivity index (χ4n) is 2.53. The molecule has 1 saturated heterocycles. The van der Waals surface area contributed by atoms with Crippen molar-refractivity contribution < 1.29 is 0 Å². The predicted octanol–water partition coefficient (Wildman–Crippen LogP) is 1.78. The quantitative estimate of drug-likeness (QED) is 0.888. The van der Waals surface area contributed by atoms with Crippen LogP contribution in [-0.2, 0) is 0 Å². The van der Waals surface area contributed by atoms with Crippen molar-refractivity contribution in [1.29, 1.82) is 0 Å². The van der Waals surface area contributed by atoms with Gasteiger partial charge in [-0.1, -0.05) is 0 Å². The van der Waals surface area contributed by atoms with Crippen molar-refractivity contribution in [1.82, 2.24) is 14.8 Å². The summed E-state index contributed by atoms with van der Waals surface area (Å²) in [5.74, 6) is 0. The molecule has 1 aromatic rings. The first kappa shape index (κ1) is 13.9. The highest BCUT2D eigenvalue weighted by Crippen LogP contribution is 2.31. The molecule has 4 nitrogen and oxygen atoms in total. The molecule has 1 aromatic heterocycles. The Morgan fingerprint density at radius 1 is 1.39 bits per heavy atom. The van der Waals surface area contributed by atoms with Gasteiger partial charge < -0.3 is 10.6 Å². The molecule has 102 valence electrons. The lowest BCUT2D eigenvalue weighted by Gasteiger charge is -2.25. The van der Waals surface area contributed by atoms with Crippen LogP contribution in [0.15, 0.2) is 0 Å². The van der Waals surface area contributed by atoms with Gasteiger partial charge in [0.15, 0.2) is 0 Å². The topological polar surface area (TPSA) is 45.4 Å². The number of nitrogens with two attached hydrogens (primary N) is 1. The molecule has 2 atom stereocenters. The Labute approximate surface area is 114 Å². The maximum atomic E-state index is 6.00. The highest BCUT2D eigenvalue weighted by Gasteiger charge is 2.26. The van der Waals surface area contributed by atoms with Gasteiger partial charge in [-0.2, -0.15) is 0 Å². The van der Waals surface area contributed by atoms with E-state index in [1.54, 1.807) is 11.3 Å². The summed E-state index contributed by atoms with van der Waals surface area (Å²) in [6.07, 6.45) is 1.23. The lowest BCUT2D eigenvalue weighted by atomic mass is 10.2. The van der Waals surface area contributed by atoms with E-state index in [1.165, 1.54) is 22.9 Å². The third kappa shape index (κ3) is 2.91. The van der Waals surface area contributed by atoms with E-state index in [9.17, 15) is 0 Å². The molecule has 1 aliphatic rings.